The fourth-order valence-corrected chi connectivity index (χ4v) is 3.08. The first-order chi connectivity index (χ1) is 17.5. The highest BCUT2D eigenvalue weighted by atomic mass is 19.4. The standard InChI is InChI=1S/C21H33N5O4.C2HF3O2/c1-3-9-22-19(27)16-25-11-13-26(14-12-25)21(23-10-4-15-30-2)24-18-7-5-17(6-8-18)20(28)29;3-2(4,5)1(6)7/h5-8H,3-4,9-16H2,1-2H3,(H,22,27)(H,23,24)(H,28,29);(H,6,7). The molecule has 0 aromatic heterocycles. The van der Waals surface area contributed by atoms with Crippen LogP contribution in [0.15, 0.2) is 29.3 Å². The van der Waals surface area contributed by atoms with Crippen LogP contribution < -0.4 is 10.6 Å². The van der Waals surface area contributed by atoms with E-state index in [1.165, 1.54) is 0 Å². The second-order valence-corrected chi connectivity index (χ2v) is 7.98. The van der Waals surface area contributed by atoms with Crippen LogP contribution in [0.2, 0.25) is 0 Å². The normalized spacial score (nSPS) is 14.4. The molecule has 1 heterocycles. The molecule has 1 aliphatic rings. The molecule has 11 nitrogen and oxygen atoms in total. The molecule has 1 aliphatic heterocycles. The van der Waals surface area contributed by atoms with E-state index < -0.39 is 18.1 Å². The fraction of sp³-hybridized carbons (Fsp3) is 0.565. The minimum atomic E-state index is -5.08. The fourth-order valence-electron chi connectivity index (χ4n) is 3.08. The quantitative estimate of drug-likeness (QED) is 0.202. The van der Waals surface area contributed by atoms with Crippen molar-refractivity contribution in [3.8, 4) is 0 Å². The number of aromatic carboxylic acids is 1. The van der Waals surface area contributed by atoms with Gasteiger partial charge in [0.05, 0.1) is 12.1 Å². The van der Waals surface area contributed by atoms with Crippen LogP contribution in [-0.4, -0.2) is 110 Å². The van der Waals surface area contributed by atoms with Gasteiger partial charge in [-0.25, -0.2) is 9.59 Å². The van der Waals surface area contributed by atoms with Gasteiger partial charge >= 0.3 is 18.1 Å². The molecule has 1 saturated heterocycles. The number of hydrogen-bond donors (Lipinski definition) is 4. The van der Waals surface area contributed by atoms with Crippen LogP contribution in [0.1, 0.15) is 30.1 Å². The average Bonchev–Trinajstić information content (AvgIpc) is 2.85. The number of guanidine groups is 1. The van der Waals surface area contributed by atoms with Crippen LogP contribution in [-0.2, 0) is 14.3 Å². The SMILES string of the molecule is CCCNC(=O)CN1CCN(C(=NCCCOC)Nc2ccc(C(=O)O)cc2)CC1.O=C(O)C(F)(F)F. The van der Waals surface area contributed by atoms with Crippen molar-refractivity contribution >= 4 is 29.5 Å². The van der Waals surface area contributed by atoms with Gasteiger partial charge in [-0.3, -0.25) is 14.7 Å². The third kappa shape index (κ3) is 12.9. The monoisotopic (exact) mass is 533 g/mol. The summed E-state index contributed by atoms with van der Waals surface area (Å²) in [7, 11) is 1.67. The van der Waals surface area contributed by atoms with E-state index in [2.05, 4.69) is 20.4 Å². The minimum absolute atomic E-state index is 0.0652. The number of carbonyl (C=O) groups excluding carboxylic acids is 1. The number of carbonyl (C=O) groups is 3. The molecule has 14 heteroatoms. The maximum atomic E-state index is 11.9. The molecule has 0 bridgehead atoms. The molecule has 208 valence electrons. The molecule has 0 radical (unpaired) electrons. The molecule has 2 rings (SSSR count). The van der Waals surface area contributed by atoms with Crippen molar-refractivity contribution in [1.29, 1.82) is 0 Å². The number of carboxylic acids is 2. The summed E-state index contributed by atoms with van der Waals surface area (Å²) >= 11 is 0. The number of alkyl halides is 3. The van der Waals surface area contributed by atoms with Gasteiger partial charge in [0.15, 0.2) is 5.96 Å². The number of nitrogens with one attached hydrogen (secondary N) is 2. The van der Waals surface area contributed by atoms with Gasteiger partial charge in [0.25, 0.3) is 0 Å². The lowest BCUT2D eigenvalue weighted by Crippen LogP contribution is -2.52. The summed E-state index contributed by atoms with van der Waals surface area (Å²) in [4.78, 5) is 40.9. The molecular weight excluding hydrogens is 499 g/mol. The van der Waals surface area contributed by atoms with Crippen LogP contribution in [0.3, 0.4) is 0 Å². The van der Waals surface area contributed by atoms with Crippen LogP contribution in [0, 0.1) is 0 Å². The lowest BCUT2D eigenvalue weighted by molar-refractivity contribution is -0.192. The van der Waals surface area contributed by atoms with Gasteiger partial charge in [0.1, 0.15) is 0 Å². The van der Waals surface area contributed by atoms with Crippen LogP contribution >= 0.6 is 0 Å². The van der Waals surface area contributed by atoms with Gasteiger partial charge in [-0.2, -0.15) is 13.2 Å². The van der Waals surface area contributed by atoms with E-state index in [0.717, 1.165) is 50.7 Å². The van der Waals surface area contributed by atoms with E-state index in [0.29, 0.717) is 26.2 Å². The molecule has 0 aliphatic carbocycles. The van der Waals surface area contributed by atoms with Gasteiger partial charge in [-0.1, -0.05) is 6.92 Å². The Morgan fingerprint density at radius 1 is 1.08 bits per heavy atom. The number of methoxy groups -OCH3 is 1. The first-order valence-electron chi connectivity index (χ1n) is 11.7. The number of aliphatic imine (C=N–C) groups is 1. The highest BCUT2D eigenvalue weighted by Gasteiger charge is 2.38. The molecule has 0 atom stereocenters. The average molecular weight is 534 g/mol. The first-order valence-corrected chi connectivity index (χ1v) is 11.7. The summed E-state index contributed by atoms with van der Waals surface area (Å²) in [6, 6.07) is 6.62. The number of nitrogens with zero attached hydrogens (tertiary/aromatic N) is 3. The van der Waals surface area contributed by atoms with E-state index in [1.54, 1.807) is 31.4 Å². The molecular formula is C23H34F3N5O6. The molecule has 1 aromatic rings. The number of anilines is 1. The number of halogens is 3. The van der Waals surface area contributed by atoms with Gasteiger partial charge in [0, 0.05) is 58.7 Å². The van der Waals surface area contributed by atoms with Crippen molar-refractivity contribution in [2.24, 2.45) is 4.99 Å². The summed E-state index contributed by atoms with van der Waals surface area (Å²) in [5.41, 5.74) is 1.03. The topological polar surface area (TPSA) is 144 Å². The third-order valence-electron chi connectivity index (χ3n) is 5.01. The van der Waals surface area contributed by atoms with Crippen molar-refractivity contribution in [3.05, 3.63) is 29.8 Å². The minimum Gasteiger partial charge on any atom is -0.478 e. The van der Waals surface area contributed by atoms with E-state index in [9.17, 15) is 22.8 Å². The Morgan fingerprint density at radius 3 is 2.16 bits per heavy atom. The van der Waals surface area contributed by atoms with Gasteiger partial charge in [-0.05, 0) is 37.1 Å². The van der Waals surface area contributed by atoms with Gasteiger partial charge in [0.2, 0.25) is 5.91 Å². The Balaban J connectivity index is 0.000000856. The second kappa shape index (κ2) is 16.4. The number of amides is 1. The molecule has 1 amide bonds. The number of piperazine rings is 1. The van der Waals surface area contributed by atoms with Crippen molar-refractivity contribution in [3.63, 3.8) is 0 Å². The predicted molar refractivity (Wildman–Crippen MR) is 131 cm³/mol. The Hall–Kier alpha value is -3.39. The highest BCUT2D eigenvalue weighted by molar-refractivity contribution is 5.94. The number of carboxylic acid groups (broad SMARTS) is 2. The predicted octanol–water partition coefficient (Wildman–Crippen LogP) is 1.97. The number of benzene rings is 1. The second-order valence-electron chi connectivity index (χ2n) is 7.98. The lowest BCUT2D eigenvalue weighted by Gasteiger charge is -2.36. The zero-order valence-electron chi connectivity index (χ0n) is 20.9. The molecule has 0 unspecified atom stereocenters. The first kappa shape index (κ1) is 31.6. The summed E-state index contributed by atoms with van der Waals surface area (Å²) in [6.45, 7) is 7.49. The van der Waals surface area contributed by atoms with E-state index in [1.807, 2.05) is 6.92 Å². The Bertz CT molecular complexity index is 888. The largest absolute Gasteiger partial charge is 0.490 e. The molecule has 37 heavy (non-hydrogen) atoms. The molecule has 4 N–H and O–H groups in total. The van der Waals surface area contributed by atoms with Crippen LogP contribution in [0.4, 0.5) is 18.9 Å². The summed E-state index contributed by atoms with van der Waals surface area (Å²) in [5, 5.41) is 22.4. The number of ether oxygens (including phenoxy) is 1. The smallest absolute Gasteiger partial charge is 0.478 e. The van der Waals surface area contributed by atoms with Crippen LogP contribution in [0.25, 0.3) is 0 Å². The van der Waals surface area contributed by atoms with Crippen LogP contribution in [0.5, 0.6) is 0 Å². The zero-order chi connectivity index (χ0) is 27.8. The summed E-state index contributed by atoms with van der Waals surface area (Å²) in [5.74, 6) is -2.89. The molecule has 0 saturated carbocycles. The highest BCUT2D eigenvalue weighted by Crippen LogP contribution is 2.13. The zero-order valence-corrected chi connectivity index (χ0v) is 20.9. The van der Waals surface area contributed by atoms with Crippen molar-refractivity contribution in [1.82, 2.24) is 15.1 Å². The van der Waals surface area contributed by atoms with Crippen molar-refractivity contribution < 1.29 is 42.5 Å². The maximum Gasteiger partial charge on any atom is 0.490 e. The Labute approximate surface area is 213 Å². The molecule has 1 aromatic carbocycles. The number of aliphatic carboxylic acids is 1. The lowest BCUT2D eigenvalue weighted by atomic mass is 10.2. The molecule has 0 spiro atoms. The Morgan fingerprint density at radius 2 is 1.68 bits per heavy atom. The number of hydrogen-bond acceptors (Lipinski definition) is 6. The van der Waals surface area contributed by atoms with Gasteiger partial charge < -0.3 is 30.5 Å². The molecule has 1 fully saturated rings. The van der Waals surface area contributed by atoms with Crippen molar-refractivity contribution in [2.75, 3.05) is 64.8 Å². The van der Waals surface area contributed by atoms with E-state index >= 15 is 0 Å². The van der Waals surface area contributed by atoms with E-state index in [4.69, 9.17) is 24.7 Å². The maximum absolute atomic E-state index is 11.9. The van der Waals surface area contributed by atoms with E-state index in [-0.39, 0.29) is 11.5 Å². The number of rotatable bonds is 10. The van der Waals surface area contributed by atoms with Crippen molar-refractivity contribution in [2.45, 2.75) is 25.9 Å². The summed E-state index contributed by atoms with van der Waals surface area (Å²) < 4.78 is 36.8. The Kier molecular flexibility index (Phi) is 14.0. The van der Waals surface area contributed by atoms with Gasteiger partial charge in [-0.15, -0.1) is 0 Å². The summed E-state index contributed by atoms with van der Waals surface area (Å²) in [6.07, 6.45) is -3.33. The third-order valence-corrected chi connectivity index (χ3v) is 5.01.